The topological polar surface area (TPSA) is 127 Å². The highest BCUT2D eigenvalue weighted by atomic mass is 32.1. The molecule has 0 spiro atoms. The Bertz CT molecular complexity index is 1530. The Morgan fingerprint density at radius 1 is 1.13 bits per heavy atom. The largest absolute Gasteiger partial charge is 0.329 e. The fourth-order valence-corrected chi connectivity index (χ4v) is 8.75. The molecule has 3 aromatic rings. The number of imidazole rings is 1. The molecule has 10 nitrogen and oxygen atoms in total. The number of carbonyl (C=O) groups is 3. The van der Waals surface area contributed by atoms with Crippen LogP contribution in [0, 0.1) is 17.8 Å². The zero-order chi connectivity index (χ0) is 26.9. The number of benzene rings is 1. The van der Waals surface area contributed by atoms with Crippen LogP contribution in [0.4, 0.5) is 5.69 Å². The summed E-state index contributed by atoms with van der Waals surface area (Å²) in [6.45, 7) is 0.662. The molecule has 204 valence electrons. The molecular formula is C28H32N6O4S. The molecule has 8 rings (SSSR count). The van der Waals surface area contributed by atoms with Crippen LogP contribution in [-0.4, -0.2) is 37.4 Å². The van der Waals surface area contributed by atoms with Gasteiger partial charge in [0.1, 0.15) is 6.04 Å². The van der Waals surface area contributed by atoms with E-state index in [0.717, 1.165) is 23.4 Å². The molecule has 11 heteroatoms. The lowest BCUT2D eigenvalue weighted by Gasteiger charge is -2.57. The van der Waals surface area contributed by atoms with E-state index >= 15 is 0 Å². The lowest BCUT2D eigenvalue weighted by atomic mass is 9.53. The van der Waals surface area contributed by atoms with Gasteiger partial charge in [0.15, 0.2) is 5.01 Å². The Labute approximate surface area is 229 Å². The smallest absolute Gasteiger partial charge is 0.318 e. The highest BCUT2D eigenvalue weighted by Crippen LogP contribution is 2.55. The minimum Gasteiger partial charge on any atom is -0.318 e. The van der Waals surface area contributed by atoms with Crippen molar-refractivity contribution >= 4 is 45.8 Å². The Balaban J connectivity index is 1.09. The number of amides is 3. The number of anilines is 1. The minimum atomic E-state index is -0.784. The molecule has 0 radical (unpaired) electrons. The first-order valence-corrected chi connectivity index (χ1v) is 14.7. The van der Waals surface area contributed by atoms with E-state index in [1.807, 2.05) is 5.38 Å². The molecule has 4 aliphatic carbocycles. The molecule has 1 saturated heterocycles. The average molecular weight is 549 g/mol. The fourth-order valence-electron chi connectivity index (χ4n) is 8.04. The monoisotopic (exact) mass is 548 g/mol. The number of para-hydroxylation sites is 1. The molecule has 1 aromatic carbocycles. The van der Waals surface area contributed by atoms with Crippen molar-refractivity contribution in [3.8, 4) is 0 Å². The van der Waals surface area contributed by atoms with E-state index in [4.69, 9.17) is 0 Å². The number of piperidine rings is 1. The van der Waals surface area contributed by atoms with E-state index in [1.165, 1.54) is 59.0 Å². The van der Waals surface area contributed by atoms with Gasteiger partial charge >= 0.3 is 5.69 Å². The number of carbonyl (C=O) groups excluding carboxylic acids is 3. The van der Waals surface area contributed by atoms with Crippen LogP contribution >= 0.6 is 11.3 Å². The maximum atomic E-state index is 13.2. The SMILES string of the molecule is Cn1c(=O)n(C2CCC(=O)NC2=O)c2cccc(NC(=O)c3nc(CNC45CC6CC(CC(C6)C4)C5)cs3)c21. The van der Waals surface area contributed by atoms with Gasteiger partial charge < -0.3 is 10.6 Å². The molecule has 3 amide bonds. The number of nitrogens with zero attached hydrogens (tertiary/aromatic N) is 3. The van der Waals surface area contributed by atoms with Crippen LogP contribution in [0.5, 0.6) is 0 Å². The first-order chi connectivity index (χ1) is 18.8. The molecule has 1 atom stereocenters. The predicted molar refractivity (Wildman–Crippen MR) is 146 cm³/mol. The van der Waals surface area contributed by atoms with Crippen molar-refractivity contribution in [1.82, 2.24) is 24.8 Å². The number of imide groups is 1. The molecule has 4 saturated carbocycles. The summed E-state index contributed by atoms with van der Waals surface area (Å²) in [5.41, 5.74) is 2.22. The van der Waals surface area contributed by atoms with Crippen molar-refractivity contribution < 1.29 is 14.4 Å². The standard InChI is InChI=1S/C28H32N6O4S/c1-33-23-19(3-2-4-20(23)34(27(33)38)21-5-6-22(35)32-24(21)36)31-25(37)26-30-18(14-39-26)13-29-28-10-15-7-16(11-28)9-17(8-15)12-28/h2-4,14-17,21,29H,5-13H2,1H3,(H,31,37)(H,32,35,36). The third-order valence-electron chi connectivity index (χ3n) is 9.30. The Kier molecular flexibility index (Phi) is 5.78. The van der Waals surface area contributed by atoms with Gasteiger partial charge in [-0.25, -0.2) is 9.78 Å². The summed E-state index contributed by atoms with van der Waals surface area (Å²) in [6, 6.07) is 4.43. The summed E-state index contributed by atoms with van der Waals surface area (Å²) in [4.78, 5) is 55.1. The summed E-state index contributed by atoms with van der Waals surface area (Å²) in [5, 5.41) is 11.4. The highest BCUT2D eigenvalue weighted by Gasteiger charge is 2.50. The second-order valence-electron chi connectivity index (χ2n) is 12.0. The molecule has 1 unspecified atom stereocenters. The van der Waals surface area contributed by atoms with E-state index in [-0.39, 0.29) is 35.9 Å². The van der Waals surface area contributed by atoms with Crippen LogP contribution in [0.25, 0.3) is 11.0 Å². The van der Waals surface area contributed by atoms with Crippen LogP contribution in [0.1, 0.15) is 72.9 Å². The van der Waals surface area contributed by atoms with Gasteiger partial charge in [0.2, 0.25) is 11.8 Å². The molecule has 39 heavy (non-hydrogen) atoms. The van der Waals surface area contributed by atoms with Crippen LogP contribution in [-0.2, 0) is 23.2 Å². The molecule has 3 heterocycles. The van der Waals surface area contributed by atoms with Gasteiger partial charge in [0.05, 0.1) is 22.4 Å². The summed E-state index contributed by atoms with van der Waals surface area (Å²) in [5.74, 6) is 1.42. The van der Waals surface area contributed by atoms with Gasteiger partial charge in [-0.1, -0.05) is 6.07 Å². The maximum Gasteiger partial charge on any atom is 0.329 e. The molecule has 4 bridgehead atoms. The summed E-state index contributed by atoms with van der Waals surface area (Å²) < 4.78 is 2.84. The zero-order valence-corrected chi connectivity index (χ0v) is 22.7. The second kappa shape index (κ2) is 9.12. The Morgan fingerprint density at radius 2 is 1.85 bits per heavy atom. The second-order valence-corrected chi connectivity index (χ2v) is 12.9. The highest BCUT2D eigenvalue weighted by molar-refractivity contribution is 7.11. The number of aromatic nitrogens is 3. The van der Waals surface area contributed by atoms with Crippen molar-refractivity contribution in [2.75, 3.05) is 5.32 Å². The van der Waals surface area contributed by atoms with Crippen molar-refractivity contribution in [2.45, 2.75) is 69.5 Å². The summed E-state index contributed by atoms with van der Waals surface area (Å²) >= 11 is 1.31. The van der Waals surface area contributed by atoms with Gasteiger partial charge in [-0.05, 0) is 74.8 Å². The fraction of sp³-hybridized carbons (Fsp3) is 0.536. The Hall–Kier alpha value is -3.31. The quantitative estimate of drug-likeness (QED) is 0.407. The molecule has 2 aromatic heterocycles. The van der Waals surface area contributed by atoms with E-state index in [0.29, 0.717) is 28.3 Å². The summed E-state index contributed by atoms with van der Waals surface area (Å²) in [6.07, 6.45) is 8.40. The van der Waals surface area contributed by atoms with Crippen LogP contribution in [0.2, 0.25) is 0 Å². The molecule has 5 fully saturated rings. The number of hydrogen-bond acceptors (Lipinski definition) is 7. The van der Waals surface area contributed by atoms with E-state index in [2.05, 4.69) is 20.9 Å². The molecular weight excluding hydrogens is 516 g/mol. The van der Waals surface area contributed by atoms with Crippen molar-refractivity contribution in [2.24, 2.45) is 24.8 Å². The summed E-state index contributed by atoms with van der Waals surface area (Å²) in [7, 11) is 1.61. The van der Waals surface area contributed by atoms with Gasteiger partial charge in [-0.15, -0.1) is 11.3 Å². The molecule has 5 aliphatic rings. The van der Waals surface area contributed by atoms with Crippen LogP contribution in [0.15, 0.2) is 28.4 Å². The van der Waals surface area contributed by atoms with Crippen molar-refractivity contribution in [1.29, 1.82) is 0 Å². The lowest BCUT2D eigenvalue weighted by Crippen LogP contribution is -2.58. The number of aryl methyl sites for hydroxylation is 1. The number of hydrogen-bond donors (Lipinski definition) is 3. The molecule has 1 aliphatic heterocycles. The van der Waals surface area contributed by atoms with Gasteiger partial charge in [0, 0.05) is 30.9 Å². The third kappa shape index (κ3) is 4.22. The van der Waals surface area contributed by atoms with Gasteiger partial charge in [-0.2, -0.15) is 0 Å². The minimum absolute atomic E-state index is 0.166. The first-order valence-electron chi connectivity index (χ1n) is 13.8. The Morgan fingerprint density at radius 3 is 2.54 bits per heavy atom. The van der Waals surface area contributed by atoms with E-state index < -0.39 is 11.9 Å². The predicted octanol–water partition coefficient (Wildman–Crippen LogP) is 3.08. The maximum absolute atomic E-state index is 13.2. The number of fused-ring (bicyclic) bond motifs is 1. The van der Waals surface area contributed by atoms with Gasteiger partial charge in [0.25, 0.3) is 5.91 Å². The number of thiazole rings is 1. The first kappa shape index (κ1) is 24.7. The van der Waals surface area contributed by atoms with E-state index in [1.54, 1.807) is 25.2 Å². The third-order valence-corrected chi connectivity index (χ3v) is 10.2. The zero-order valence-electron chi connectivity index (χ0n) is 21.9. The number of nitrogens with one attached hydrogen (secondary N) is 3. The van der Waals surface area contributed by atoms with Crippen molar-refractivity contribution in [3.05, 3.63) is 44.8 Å². The van der Waals surface area contributed by atoms with Gasteiger partial charge in [-0.3, -0.25) is 28.8 Å². The normalized spacial score (nSPS) is 29.7. The van der Waals surface area contributed by atoms with Crippen LogP contribution < -0.4 is 21.6 Å². The van der Waals surface area contributed by atoms with Crippen molar-refractivity contribution in [3.63, 3.8) is 0 Å². The molecule has 3 N–H and O–H groups in total. The number of rotatable bonds is 6. The van der Waals surface area contributed by atoms with E-state index in [9.17, 15) is 19.2 Å². The lowest BCUT2D eigenvalue weighted by molar-refractivity contribution is -0.135. The average Bonchev–Trinajstić information content (AvgIpc) is 3.46. The van der Waals surface area contributed by atoms with Crippen LogP contribution in [0.3, 0.4) is 0 Å².